The Kier molecular flexibility index (Phi) is 3.57. The minimum atomic E-state index is -0.236. The highest BCUT2D eigenvalue weighted by Crippen LogP contribution is 2.42. The van der Waals surface area contributed by atoms with Gasteiger partial charge in [0.1, 0.15) is 11.6 Å². The van der Waals surface area contributed by atoms with E-state index in [4.69, 9.17) is 16.3 Å². The predicted octanol–water partition coefficient (Wildman–Crippen LogP) is 2.43. The molecule has 3 nitrogen and oxygen atoms in total. The Balaban J connectivity index is 2.24. The number of carbonyl (C=O) groups is 1. The first-order valence-corrected chi connectivity index (χ1v) is 6.25. The van der Waals surface area contributed by atoms with Gasteiger partial charge >= 0.3 is 0 Å². The van der Waals surface area contributed by atoms with Crippen LogP contribution in [0.3, 0.4) is 0 Å². The molecule has 1 aliphatic carbocycles. The molecule has 0 saturated heterocycles. The lowest BCUT2D eigenvalue weighted by Crippen LogP contribution is -2.51. The molecule has 4 heteroatoms. The SMILES string of the molecule is COc1cccc(C2(NC(=O)CCl)CCC2)c1. The number of hydrogen-bond donors (Lipinski definition) is 1. The zero-order valence-corrected chi connectivity index (χ0v) is 10.6. The first-order chi connectivity index (χ1) is 8.20. The number of hydrogen-bond acceptors (Lipinski definition) is 2. The highest BCUT2D eigenvalue weighted by Gasteiger charge is 2.39. The Hall–Kier alpha value is -1.22. The molecule has 92 valence electrons. The molecule has 0 spiro atoms. The Morgan fingerprint density at radius 2 is 2.29 bits per heavy atom. The Bertz CT molecular complexity index is 416. The van der Waals surface area contributed by atoms with Gasteiger partial charge in [-0.1, -0.05) is 12.1 Å². The van der Waals surface area contributed by atoms with Gasteiger partial charge in [0.05, 0.1) is 12.6 Å². The Morgan fingerprint density at radius 1 is 1.53 bits per heavy atom. The molecule has 1 aliphatic rings. The average Bonchev–Trinajstić information content (AvgIpc) is 2.33. The molecule has 0 bridgehead atoms. The van der Waals surface area contributed by atoms with Crippen LogP contribution in [0.1, 0.15) is 24.8 Å². The van der Waals surface area contributed by atoms with E-state index in [-0.39, 0.29) is 17.3 Å². The Morgan fingerprint density at radius 3 is 2.82 bits per heavy atom. The number of benzene rings is 1. The van der Waals surface area contributed by atoms with Gasteiger partial charge in [-0.15, -0.1) is 11.6 Å². The van der Waals surface area contributed by atoms with Crippen molar-refractivity contribution in [1.29, 1.82) is 0 Å². The van der Waals surface area contributed by atoms with Crippen LogP contribution in [-0.4, -0.2) is 18.9 Å². The number of rotatable bonds is 4. The molecule has 17 heavy (non-hydrogen) atoms. The summed E-state index contributed by atoms with van der Waals surface area (Å²) >= 11 is 5.55. The molecule has 2 rings (SSSR count). The van der Waals surface area contributed by atoms with Gasteiger partial charge in [0, 0.05) is 0 Å². The van der Waals surface area contributed by atoms with Crippen LogP contribution < -0.4 is 10.1 Å². The van der Waals surface area contributed by atoms with E-state index in [2.05, 4.69) is 5.32 Å². The summed E-state index contributed by atoms with van der Waals surface area (Å²) in [6, 6.07) is 7.85. The van der Waals surface area contributed by atoms with E-state index in [9.17, 15) is 4.79 Å². The molecule has 1 saturated carbocycles. The molecule has 0 radical (unpaired) electrons. The topological polar surface area (TPSA) is 38.3 Å². The standard InChI is InChI=1S/C13H16ClNO2/c1-17-11-5-2-4-10(8-11)13(6-3-7-13)15-12(16)9-14/h2,4-5,8H,3,6-7,9H2,1H3,(H,15,16). The van der Waals surface area contributed by atoms with Crippen molar-refractivity contribution >= 4 is 17.5 Å². The van der Waals surface area contributed by atoms with E-state index in [0.29, 0.717) is 0 Å². The van der Waals surface area contributed by atoms with Crippen LogP contribution >= 0.6 is 11.6 Å². The lowest BCUT2D eigenvalue weighted by molar-refractivity contribution is -0.121. The van der Waals surface area contributed by atoms with Crippen molar-refractivity contribution < 1.29 is 9.53 Å². The van der Waals surface area contributed by atoms with Crippen LogP contribution in [-0.2, 0) is 10.3 Å². The van der Waals surface area contributed by atoms with Crippen LogP contribution in [0.15, 0.2) is 24.3 Å². The third-order valence-electron chi connectivity index (χ3n) is 3.33. The van der Waals surface area contributed by atoms with E-state index in [1.54, 1.807) is 7.11 Å². The summed E-state index contributed by atoms with van der Waals surface area (Å²) in [6.07, 6.45) is 3.05. The van der Waals surface area contributed by atoms with Crippen LogP contribution in [0.2, 0.25) is 0 Å². The molecule has 0 aromatic heterocycles. The molecular formula is C13H16ClNO2. The summed E-state index contributed by atoms with van der Waals surface area (Å²) in [5.74, 6) is 0.703. The van der Waals surface area contributed by atoms with Crippen molar-refractivity contribution in [3.8, 4) is 5.75 Å². The number of carbonyl (C=O) groups excluding carboxylic acids is 1. The quantitative estimate of drug-likeness (QED) is 0.837. The van der Waals surface area contributed by atoms with Gasteiger partial charge in [-0.25, -0.2) is 0 Å². The lowest BCUT2D eigenvalue weighted by Gasteiger charge is -2.43. The fourth-order valence-electron chi connectivity index (χ4n) is 2.24. The molecule has 0 aliphatic heterocycles. The number of amides is 1. The first-order valence-electron chi connectivity index (χ1n) is 5.72. The minimum absolute atomic E-state index is 0.00567. The summed E-state index contributed by atoms with van der Waals surface area (Å²) in [4.78, 5) is 11.5. The lowest BCUT2D eigenvalue weighted by atomic mass is 9.71. The summed E-state index contributed by atoms with van der Waals surface area (Å²) in [5, 5.41) is 3.02. The van der Waals surface area contributed by atoms with E-state index < -0.39 is 0 Å². The second kappa shape index (κ2) is 4.96. The van der Waals surface area contributed by atoms with Gasteiger partial charge < -0.3 is 10.1 Å². The van der Waals surface area contributed by atoms with E-state index in [0.717, 1.165) is 30.6 Å². The van der Waals surface area contributed by atoms with E-state index in [1.807, 2.05) is 24.3 Å². The molecule has 1 aromatic rings. The first kappa shape index (κ1) is 12.2. The number of ether oxygens (including phenoxy) is 1. The fraction of sp³-hybridized carbons (Fsp3) is 0.462. The van der Waals surface area contributed by atoms with Gasteiger partial charge in [0.2, 0.25) is 5.91 Å². The summed E-state index contributed by atoms with van der Waals surface area (Å²) in [6.45, 7) is 0. The maximum absolute atomic E-state index is 11.5. The number of nitrogens with one attached hydrogen (secondary N) is 1. The van der Waals surface area contributed by atoms with Crippen molar-refractivity contribution in [2.75, 3.05) is 13.0 Å². The van der Waals surface area contributed by atoms with Gasteiger partial charge in [-0.2, -0.15) is 0 Å². The van der Waals surface area contributed by atoms with Gasteiger partial charge in [0.25, 0.3) is 0 Å². The molecular weight excluding hydrogens is 238 g/mol. The van der Waals surface area contributed by atoms with Gasteiger partial charge in [0.15, 0.2) is 0 Å². The summed E-state index contributed by atoms with van der Waals surface area (Å²) < 4.78 is 5.21. The second-order valence-electron chi connectivity index (χ2n) is 4.35. The van der Waals surface area contributed by atoms with Crippen LogP contribution in [0, 0.1) is 0 Å². The zero-order chi connectivity index (χ0) is 12.3. The maximum Gasteiger partial charge on any atom is 0.235 e. The van der Waals surface area contributed by atoms with Crippen LogP contribution in [0.25, 0.3) is 0 Å². The highest BCUT2D eigenvalue weighted by molar-refractivity contribution is 6.27. The summed E-state index contributed by atoms with van der Waals surface area (Å²) in [5.41, 5.74) is 0.863. The van der Waals surface area contributed by atoms with E-state index in [1.165, 1.54) is 0 Å². The molecule has 1 N–H and O–H groups in total. The molecule has 0 heterocycles. The summed E-state index contributed by atoms with van der Waals surface area (Å²) in [7, 11) is 1.64. The minimum Gasteiger partial charge on any atom is -0.497 e. The number of methoxy groups -OCH3 is 1. The normalized spacial score (nSPS) is 17.1. The molecule has 1 fully saturated rings. The molecule has 1 amide bonds. The molecule has 0 unspecified atom stereocenters. The van der Waals surface area contributed by atoms with Crippen molar-refractivity contribution in [3.05, 3.63) is 29.8 Å². The smallest absolute Gasteiger partial charge is 0.235 e. The van der Waals surface area contributed by atoms with Crippen LogP contribution in [0.5, 0.6) is 5.75 Å². The maximum atomic E-state index is 11.5. The monoisotopic (exact) mass is 253 g/mol. The molecule has 1 aromatic carbocycles. The highest BCUT2D eigenvalue weighted by atomic mass is 35.5. The van der Waals surface area contributed by atoms with Crippen molar-refractivity contribution in [3.63, 3.8) is 0 Å². The number of alkyl halides is 1. The molecule has 0 atom stereocenters. The van der Waals surface area contributed by atoms with Crippen molar-refractivity contribution in [2.45, 2.75) is 24.8 Å². The van der Waals surface area contributed by atoms with Crippen molar-refractivity contribution in [1.82, 2.24) is 5.32 Å². The van der Waals surface area contributed by atoms with E-state index >= 15 is 0 Å². The zero-order valence-electron chi connectivity index (χ0n) is 9.83. The van der Waals surface area contributed by atoms with Gasteiger partial charge in [-0.05, 0) is 37.0 Å². The largest absolute Gasteiger partial charge is 0.497 e. The van der Waals surface area contributed by atoms with Gasteiger partial charge in [-0.3, -0.25) is 4.79 Å². The van der Waals surface area contributed by atoms with Crippen molar-refractivity contribution in [2.24, 2.45) is 0 Å². The number of halogens is 1. The average molecular weight is 254 g/mol. The third kappa shape index (κ3) is 2.39. The predicted molar refractivity (Wildman–Crippen MR) is 67.4 cm³/mol. The second-order valence-corrected chi connectivity index (χ2v) is 4.62. The third-order valence-corrected chi connectivity index (χ3v) is 3.57. The Labute approximate surface area is 106 Å². The fourth-order valence-corrected chi connectivity index (χ4v) is 2.30. The van der Waals surface area contributed by atoms with Crippen LogP contribution in [0.4, 0.5) is 0 Å².